The summed E-state index contributed by atoms with van der Waals surface area (Å²) in [5.74, 6) is -1.31. The predicted octanol–water partition coefficient (Wildman–Crippen LogP) is 4.11. The average molecular weight is 380 g/mol. The van der Waals surface area contributed by atoms with Gasteiger partial charge in [0.05, 0.1) is 27.4 Å². The molecule has 1 aromatic rings. The lowest BCUT2D eigenvalue weighted by molar-refractivity contribution is -0.163. The maximum atomic E-state index is 12.6. The lowest BCUT2D eigenvalue weighted by atomic mass is 9.81. The van der Waals surface area contributed by atoms with Gasteiger partial charge in [-0.2, -0.15) is 0 Å². The minimum absolute atomic E-state index is 0.205. The highest BCUT2D eigenvalue weighted by atomic mass is 16.6. The van der Waals surface area contributed by atoms with Crippen LogP contribution in [0.2, 0.25) is 0 Å². The average Bonchev–Trinajstić information content (AvgIpc) is 2.67. The van der Waals surface area contributed by atoms with E-state index in [4.69, 9.17) is 18.9 Å². The monoisotopic (exact) mass is 380 g/mol. The Balaban J connectivity index is 3.37. The van der Waals surface area contributed by atoms with Gasteiger partial charge in [-0.1, -0.05) is 32.3 Å². The maximum Gasteiger partial charge on any atom is 0.320 e. The van der Waals surface area contributed by atoms with Crippen molar-refractivity contribution in [3.05, 3.63) is 23.8 Å². The van der Waals surface area contributed by atoms with Crippen LogP contribution >= 0.6 is 0 Å². The molecule has 1 rings (SSSR count). The molecule has 27 heavy (non-hydrogen) atoms. The molecule has 0 amide bonds. The number of rotatable bonds is 12. The molecule has 0 fully saturated rings. The minimum atomic E-state index is -1.02. The van der Waals surface area contributed by atoms with Crippen LogP contribution in [0.3, 0.4) is 0 Å². The van der Waals surface area contributed by atoms with Crippen LogP contribution in [0.5, 0.6) is 11.5 Å². The molecular formula is C21H32O6. The summed E-state index contributed by atoms with van der Waals surface area (Å²) in [6.45, 7) is 5.96. The number of hydrogen-bond donors (Lipinski definition) is 0. The van der Waals surface area contributed by atoms with E-state index in [0.717, 1.165) is 24.8 Å². The van der Waals surface area contributed by atoms with Gasteiger partial charge in [0, 0.05) is 12.0 Å². The minimum Gasteiger partial charge on any atom is -0.497 e. The summed E-state index contributed by atoms with van der Waals surface area (Å²) in [5.41, 5.74) is 0.778. The van der Waals surface area contributed by atoms with Gasteiger partial charge in [-0.3, -0.25) is 9.59 Å². The molecule has 0 heterocycles. The van der Waals surface area contributed by atoms with Crippen LogP contribution in [0.25, 0.3) is 0 Å². The number of ether oxygens (including phenoxy) is 4. The van der Waals surface area contributed by atoms with Crippen molar-refractivity contribution in [3.63, 3.8) is 0 Å². The highest BCUT2D eigenvalue weighted by molar-refractivity contribution is 5.96. The van der Waals surface area contributed by atoms with Crippen LogP contribution in [0.4, 0.5) is 0 Å². The molecule has 0 saturated carbocycles. The van der Waals surface area contributed by atoms with Gasteiger partial charge in [0.1, 0.15) is 11.5 Å². The van der Waals surface area contributed by atoms with Gasteiger partial charge in [0.25, 0.3) is 0 Å². The Morgan fingerprint density at radius 3 is 2.04 bits per heavy atom. The third-order valence-electron chi connectivity index (χ3n) is 4.44. The zero-order valence-corrected chi connectivity index (χ0v) is 17.1. The molecule has 0 aliphatic heterocycles. The molecule has 0 aliphatic rings. The Hall–Kier alpha value is -2.24. The zero-order chi connectivity index (χ0) is 20.2. The topological polar surface area (TPSA) is 71.1 Å². The van der Waals surface area contributed by atoms with Crippen LogP contribution in [0.1, 0.15) is 57.9 Å². The first-order valence-electron chi connectivity index (χ1n) is 9.59. The second-order valence-corrected chi connectivity index (χ2v) is 6.19. The number of esters is 2. The van der Waals surface area contributed by atoms with E-state index in [1.165, 1.54) is 0 Å². The fourth-order valence-corrected chi connectivity index (χ4v) is 3.13. The van der Waals surface area contributed by atoms with Crippen molar-refractivity contribution in [3.8, 4) is 11.5 Å². The molecule has 0 saturated heterocycles. The molecule has 152 valence electrons. The van der Waals surface area contributed by atoms with Crippen molar-refractivity contribution in [1.29, 1.82) is 0 Å². The second kappa shape index (κ2) is 12.2. The van der Waals surface area contributed by atoms with Crippen LogP contribution in [0, 0.1) is 5.92 Å². The van der Waals surface area contributed by atoms with Gasteiger partial charge in [-0.05, 0) is 31.9 Å². The number of methoxy groups -OCH3 is 2. The molecule has 6 heteroatoms. The lowest BCUT2D eigenvalue weighted by Crippen LogP contribution is -2.33. The van der Waals surface area contributed by atoms with Crippen LogP contribution in [-0.2, 0) is 19.1 Å². The number of benzene rings is 1. The molecule has 0 aliphatic carbocycles. The highest BCUT2D eigenvalue weighted by Gasteiger charge is 2.39. The van der Waals surface area contributed by atoms with Gasteiger partial charge >= 0.3 is 11.9 Å². The SMILES string of the molecule is CCCCCC(c1ccc(OC)cc1OC)C(C(=O)OCC)C(=O)OCC. The van der Waals surface area contributed by atoms with E-state index in [1.54, 1.807) is 40.2 Å². The fraction of sp³-hybridized carbons (Fsp3) is 0.619. The summed E-state index contributed by atoms with van der Waals surface area (Å²) in [7, 11) is 3.14. The predicted molar refractivity (Wildman–Crippen MR) is 103 cm³/mol. The molecule has 6 nitrogen and oxygen atoms in total. The Labute approximate surface area is 162 Å². The Morgan fingerprint density at radius 2 is 1.56 bits per heavy atom. The third-order valence-corrected chi connectivity index (χ3v) is 4.44. The van der Waals surface area contributed by atoms with Crippen LogP contribution in [-0.4, -0.2) is 39.4 Å². The van der Waals surface area contributed by atoms with E-state index in [2.05, 4.69) is 6.92 Å². The first-order chi connectivity index (χ1) is 13.0. The fourth-order valence-electron chi connectivity index (χ4n) is 3.13. The third kappa shape index (κ3) is 6.45. The number of unbranched alkanes of at least 4 members (excludes halogenated alkanes) is 2. The van der Waals surface area contributed by atoms with Crippen LogP contribution < -0.4 is 9.47 Å². The quantitative estimate of drug-likeness (QED) is 0.309. The van der Waals surface area contributed by atoms with Crippen molar-refractivity contribution >= 4 is 11.9 Å². The molecule has 0 spiro atoms. The Morgan fingerprint density at radius 1 is 0.926 bits per heavy atom. The highest BCUT2D eigenvalue weighted by Crippen LogP contribution is 2.39. The normalized spacial score (nSPS) is 11.8. The molecular weight excluding hydrogens is 348 g/mol. The summed E-state index contributed by atoms with van der Waals surface area (Å²) in [4.78, 5) is 25.3. The summed E-state index contributed by atoms with van der Waals surface area (Å²) in [6.07, 6.45) is 3.58. The molecule has 1 unspecified atom stereocenters. The summed E-state index contributed by atoms with van der Waals surface area (Å²) < 4.78 is 21.2. The maximum absolute atomic E-state index is 12.6. The van der Waals surface area contributed by atoms with Crippen molar-refractivity contribution in [2.24, 2.45) is 5.92 Å². The van der Waals surface area contributed by atoms with Gasteiger partial charge in [-0.25, -0.2) is 0 Å². The van der Waals surface area contributed by atoms with E-state index in [9.17, 15) is 9.59 Å². The molecule has 1 aromatic carbocycles. The van der Waals surface area contributed by atoms with E-state index in [1.807, 2.05) is 6.07 Å². The van der Waals surface area contributed by atoms with E-state index in [-0.39, 0.29) is 13.2 Å². The number of carbonyl (C=O) groups is 2. The molecule has 0 radical (unpaired) electrons. The number of hydrogen-bond acceptors (Lipinski definition) is 6. The molecule has 0 bridgehead atoms. The van der Waals surface area contributed by atoms with Crippen molar-refractivity contribution in [2.45, 2.75) is 52.4 Å². The first-order valence-corrected chi connectivity index (χ1v) is 9.59. The Bertz CT molecular complexity index is 580. The lowest BCUT2D eigenvalue weighted by Gasteiger charge is -2.26. The van der Waals surface area contributed by atoms with Crippen molar-refractivity contribution in [1.82, 2.24) is 0 Å². The zero-order valence-electron chi connectivity index (χ0n) is 17.1. The summed E-state index contributed by atoms with van der Waals surface area (Å²) in [6, 6.07) is 5.41. The largest absolute Gasteiger partial charge is 0.497 e. The number of carbonyl (C=O) groups excluding carboxylic acids is 2. The smallest absolute Gasteiger partial charge is 0.320 e. The van der Waals surface area contributed by atoms with Gasteiger partial charge in [0.2, 0.25) is 0 Å². The summed E-state index contributed by atoms with van der Waals surface area (Å²) >= 11 is 0. The van der Waals surface area contributed by atoms with Crippen LogP contribution in [0.15, 0.2) is 18.2 Å². The van der Waals surface area contributed by atoms with Crippen molar-refractivity contribution in [2.75, 3.05) is 27.4 Å². The second-order valence-electron chi connectivity index (χ2n) is 6.19. The first kappa shape index (κ1) is 22.8. The van der Waals surface area contributed by atoms with E-state index < -0.39 is 23.8 Å². The standard InChI is InChI=1S/C21H32O6/c1-6-9-10-11-17(16-13-12-15(24-4)14-18(16)25-5)19(20(22)26-7-2)21(23)27-8-3/h12-14,17,19H,6-11H2,1-5H3. The summed E-state index contributed by atoms with van der Waals surface area (Å²) in [5, 5.41) is 0. The van der Waals surface area contributed by atoms with Gasteiger partial charge < -0.3 is 18.9 Å². The molecule has 0 aromatic heterocycles. The van der Waals surface area contributed by atoms with Gasteiger partial charge in [0.15, 0.2) is 5.92 Å². The van der Waals surface area contributed by atoms with E-state index >= 15 is 0 Å². The Kier molecular flexibility index (Phi) is 10.3. The molecule has 1 atom stereocenters. The van der Waals surface area contributed by atoms with Crippen molar-refractivity contribution < 1.29 is 28.5 Å². The van der Waals surface area contributed by atoms with Gasteiger partial charge in [-0.15, -0.1) is 0 Å². The molecule has 0 N–H and O–H groups in total. The van der Waals surface area contributed by atoms with E-state index in [0.29, 0.717) is 17.9 Å².